The van der Waals surface area contributed by atoms with Crippen molar-refractivity contribution < 1.29 is 0 Å². The van der Waals surface area contributed by atoms with Gasteiger partial charge in [0.1, 0.15) is 0 Å². The van der Waals surface area contributed by atoms with Crippen LogP contribution >= 0.6 is 0 Å². The quantitative estimate of drug-likeness (QED) is 0.814. The Hall–Kier alpha value is -0.820. The van der Waals surface area contributed by atoms with E-state index in [9.17, 15) is 0 Å². The Labute approximate surface area is 106 Å². The lowest BCUT2D eigenvalue weighted by atomic mass is 9.82. The van der Waals surface area contributed by atoms with Crippen LogP contribution in [0.1, 0.15) is 57.6 Å². The SMILES string of the molecule is CC[C@H]1CCCC[C@@H]1N[C@@H](C)c1ccccc1. The lowest BCUT2D eigenvalue weighted by molar-refractivity contribution is 0.240. The van der Waals surface area contributed by atoms with Gasteiger partial charge in [0, 0.05) is 12.1 Å². The second-order valence-electron chi connectivity index (χ2n) is 5.36. The molecule has 0 aromatic heterocycles. The third-order valence-electron chi connectivity index (χ3n) is 4.20. The second-order valence-corrected chi connectivity index (χ2v) is 5.36. The average molecular weight is 231 g/mol. The first kappa shape index (κ1) is 12.6. The smallest absolute Gasteiger partial charge is 0.0294 e. The Kier molecular flexibility index (Phi) is 4.61. The maximum atomic E-state index is 3.84. The molecule has 0 spiro atoms. The van der Waals surface area contributed by atoms with Crippen LogP contribution in [0.2, 0.25) is 0 Å². The van der Waals surface area contributed by atoms with Crippen molar-refractivity contribution in [1.29, 1.82) is 0 Å². The monoisotopic (exact) mass is 231 g/mol. The summed E-state index contributed by atoms with van der Waals surface area (Å²) in [4.78, 5) is 0. The standard InChI is InChI=1S/C16H25N/c1-3-14-9-7-8-12-16(14)17-13(2)15-10-5-4-6-11-15/h4-6,10-11,13-14,16-17H,3,7-9,12H2,1-2H3/t13-,14-,16-/m0/s1. The minimum absolute atomic E-state index is 0.480. The highest BCUT2D eigenvalue weighted by atomic mass is 15.0. The largest absolute Gasteiger partial charge is 0.307 e. The van der Waals surface area contributed by atoms with Crippen LogP contribution in [0, 0.1) is 5.92 Å². The molecule has 0 heterocycles. The third-order valence-corrected chi connectivity index (χ3v) is 4.20. The number of benzene rings is 1. The van der Waals surface area contributed by atoms with Crippen molar-refractivity contribution in [3.63, 3.8) is 0 Å². The molecule has 2 rings (SSSR count). The molecule has 1 aliphatic carbocycles. The van der Waals surface area contributed by atoms with E-state index in [-0.39, 0.29) is 0 Å². The summed E-state index contributed by atoms with van der Waals surface area (Å²) in [5, 5.41) is 3.84. The predicted molar refractivity (Wildman–Crippen MR) is 74.0 cm³/mol. The molecule has 0 saturated heterocycles. The zero-order valence-electron chi connectivity index (χ0n) is 11.2. The van der Waals surface area contributed by atoms with E-state index in [1.807, 2.05) is 0 Å². The minimum Gasteiger partial charge on any atom is -0.307 e. The molecule has 0 radical (unpaired) electrons. The maximum absolute atomic E-state index is 3.84. The topological polar surface area (TPSA) is 12.0 Å². The molecular weight excluding hydrogens is 206 g/mol. The number of rotatable bonds is 4. The van der Waals surface area contributed by atoms with Gasteiger partial charge in [-0.15, -0.1) is 0 Å². The first-order chi connectivity index (χ1) is 8.31. The van der Waals surface area contributed by atoms with E-state index in [4.69, 9.17) is 0 Å². The van der Waals surface area contributed by atoms with Gasteiger partial charge in [-0.1, -0.05) is 56.5 Å². The van der Waals surface area contributed by atoms with Crippen molar-refractivity contribution in [2.24, 2.45) is 5.92 Å². The summed E-state index contributed by atoms with van der Waals surface area (Å²) in [5.41, 5.74) is 1.41. The van der Waals surface area contributed by atoms with Crippen molar-refractivity contribution in [3.05, 3.63) is 35.9 Å². The van der Waals surface area contributed by atoms with Gasteiger partial charge in [-0.05, 0) is 31.2 Å². The first-order valence-corrected chi connectivity index (χ1v) is 7.12. The molecule has 1 aliphatic rings. The van der Waals surface area contributed by atoms with E-state index < -0.39 is 0 Å². The predicted octanol–water partition coefficient (Wildman–Crippen LogP) is 4.31. The van der Waals surface area contributed by atoms with Crippen LogP contribution in [-0.2, 0) is 0 Å². The molecule has 0 aliphatic heterocycles. The lowest BCUT2D eigenvalue weighted by Gasteiger charge is -2.34. The summed E-state index contributed by atoms with van der Waals surface area (Å²) in [7, 11) is 0. The van der Waals surface area contributed by atoms with Crippen LogP contribution in [0.3, 0.4) is 0 Å². The van der Waals surface area contributed by atoms with E-state index in [1.165, 1.54) is 37.7 Å². The Bertz CT molecular complexity index is 320. The molecule has 1 nitrogen and oxygen atoms in total. The van der Waals surface area contributed by atoms with E-state index in [2.05, 4.69) is 49.5 Å². The van der Waals surface area contributed by atoms with Gasteiger partial charge < -0.3 is 5.32 Å². The van der Waals surface area contributed by atoms with Crippen molar-refractivity contribution in [3.8, 4) is 0 Å². The molecule has 1 N–H and O–H groups in total. The van der Waals surface area contributed by atoms with Crippen LogP contribution < -0.4 is 5.32 Å². The third kappa shape index (κ3) is 3.32. The Morgan fingerprint density at radius 3 is 2.59 bits per heavy atom. The Balaban J connectivity index is 1.95. The number of hydrogen-bond acceptors (Lipinski definition) is 1. The molecule has 0 bridgehead atoms. The highest BCUT2D eigenvalue weighted by Crippen LogP contribution is 2.28. The summed E-state index contributed by atoms with van der Waals surface area (Å²) in [6.07, 6.45) is 6.91. The molecule has 0 unspecified atom stereocenters. The fourth-order valence-corrected chi connectivity index (χ4v) is 3.07. The number of hydrogen-bond donors (Lipinski definition) is 1. The van der Waals surface area contributed by atoms with Crippen LogP contribution in [0.5, 0.6) is 0 Å². The van der Waals surface area contributed by atoms with Crippen molar-refractivity contribution in [2.75, 3.05) is 0 Å². The van der Waals surface area contributed by atoms with E-state index >= 15 is 0 Å². The molecule has 3 atom stereocenters. The van der Waals surface area contributed by atoms with E-state index in [0.29, 0.717) is 6.04 Å². The van der Waals surface area contributed by atoms with Gasteiger partial charge in [-0.25, -0.2) is 0 Å². The van der Waals surface area contributed by atoms with Gasteiger partial charge in [0.2, 0.25) is 0 Å². The molecule has 1 saturated carbocycles. The van der Waals surface area contributed by atoms with Gasteiger partial charge in [0.25, 0.3) is 0 Å². The molecule has 1 fully saturated rings. The minimum atomic E-state index is 0.480. The molecular formula is C16H25N. The molecule has 1 heteroatoms. The summed E-state index contributed by atoms with van der Waals surface area (Å²) in [6.45, 7) is 4.62. The number of nitrogens with one attached hydrogen (secondary N) is 1. The fourth-order valence-electron chi connectivity index (χ4n) is 3.07. The average Bonchev–Trinajstić information content (AvgIpc) is 2.40. The van der Waals surface area contributed by atoms with Crippen LogP contribution in [0.4, 0.5) is 0 Å². The summed E-state index contributed by atoms with van der Waals surface area (Å²) in [6, 6.07) is 12.0. The zero-order chi connectivity index (χ0) is 12.1. The van der Waals surface area contributed by atoms with E-state index in [1.54, 1.807) is 0 Å². The van der Waals surface area contributed by atoms with Crippen molar-refractivity contribution in [2.45, 2.75) is 58.0 Å². The van der Waals surface area contributed by atoms with Crippen LogP contribution in [-0.4, -0.2) is 6.04 Å². The first-order valence-electron chi connectivity index (χ1n) is 7.12. The summed E-state index contributed by atoms with van der Waals surface area (Å²) >= 11 is 0. The van der Waals surface area contributed by atoms with E-state index in [0.717, 1.165) is 12.0 Å². The highest BCUT2D eigenvalue weighted by Gasteiger charge is 2.24. The zero-order valence-corrected chi connectivity index (χ0v) is 11.2. The highest BCUT2D eigenvalue weighted by molar-refractivity contribution is 5.18. The molecule has 94 valence electrons. The molecule has 1 aromatic rings. The second kappa shape index (κ2) is 6.20. The Morgan fingerprint density at radius 2 is 1.88 bits per heavy atom. The van der Waals surface area contributed by atoms with Gasteiger partial charge in [-0.3, -0.25) is 0 Å². The van der Waals surface area contributed by atoms with Crippen LogP contribution in [0.15, 0.2) is 30.3 Å². The van der Waals surface area contributed by atoms with Gasteiger partial charge in [0.05, 0.1) is 0 Å². The van der Waals surface area contributed by atoms with Gasteiger partial charge in [0.15, 0.2) is 0 Å². The van der Waals surface area contributed by atoms with Crippen LogP contribution in [0.25, 0.3) is 0 Å². The molecule has 17 heavy (non-hydrogen) atoms. The lowest BCUT2D eigenvalue weighted by Crippen LogP contribution is -2.39. The molecule has 0 amide bonds. The van der Waals surface area contributed by atoms with Gasteiger partial charge >= 0.3 is 0 Å². The fraction of sp³-hybridized carbons (Fsp3) is 0.625. The van der Waals surface area contributed by atoms with Crippen molar-refractivity contribution in [1.82, 2.24) is 5.32 Å². The van der Waals surface area contributed by atoms with Crippen molar-refractivity contribution >= 4 is 0 Å². The van der Waals surface area contributed by atoms with Gasteiger partial charge in [-0.2, -0.15) is 0 Å². The summed E-state index contributed by atoms with van der Waals surface area (Å²) in [5.74, 6) is 0.884. The Morgan fingerprint density at radius 1 is 1.18 bits per heavy atom. The summed E-state index contributed by atoms with van der Waals surface area (Å²) < 4.78 is 0. The normalized spacial score (nSPS) is 26.7. The molecule has 1 aromatic carbocycles. The maximum Gasteiger partial charge on any atom is 0.0294 e.